The van der Waals surface area contributed by atoms with Gasteiger partial charge in [-0.1, -0.05) is 23.8 Å². The largest absolute Gasteiger partial charge is 0.307 e. The Labute approximate surface area is 109 Å². The van der Waals surface area contributed by atoms with Crippen LogP contribution < -0.4 is 5.32 Å². The molecule has 0 radical (unpaired) electrons. The smallest absolute Gasteiger partial charge is 0.0296 e. The zero-order valence-corrected chi connectivity index (χ0v) is 11.9. The molecule has 1 unspecified atom stereocenters. The minimum atomic E-state index is 0.476. The molecule has 0 spiro atoms. The van der Waals surface area contributed by atoms with Crippen LogP contribution in [0.4, 0.5) is 0 Å². The van der Waals surface area contributed by atoms with Crippen molar-refractivity contribution < 1.29 is 0 Å². The molecule has 1 aliphatic rings. The summed E-state index contributed by atoms with van der Waals surface area (Å²) in [5.41, 5.74) is 4.22. The van der Waals surface area contributed by atoms with Crippen molar-refractivity contribution in [2.75, 3.05) is 11.5 Å². The molecule has 2 heteroatoms. The molecular weight excluding hydrogens is 226 g/mol. The lowest BCUT2D eigenvalue weighted by molar-refractivity contribution is 0.430. The van der Waals surface area contributed by atoms with Crippen LogP contribution in [-0.2, 0) is 0 Å². The SMILES string of the molecule is Cc1ccc(C(C)NC2CCSCC2)c(C)c1. The van der Waals surface area contributed by atoms with E-state index in [0.29, 0.717) is 12.1 Å². The van der Waals surface area contributed by atoms with E-state index < -0.39 is 0 Å². The lowest BCUT2D eigenvalue weighted by Gasteiger charge is -2.27. The Bertz CT molecular complexity index is 369. The molecule has 1 aromatic carbocycles. The van der Waals surface area contributed by atoms with Gasteiger partial charge in [-0.25, -0.2) is 0 Å². The Kier molecular flexibility index (Phi) is 4.52. The molecule has 17 heavy (non-hydrogen) atoms. The lowest BCUT2D eigenvalue weighted by Crippen LogP contribution is -2.34. The van der Waals surface area contributed by atoms with Crippen LogP contribution in [0.15, 0.2) is 18.2 Å². The van der Waals surface area contributed by atoms with E-state index in [4.69, 9.17) is 0 Å². The first-order valence-electron chi connectivity index (χ1n) is 6.58. The fourth-order valence-electron chi connectivity index (χ4n) is 2.62. The minimum absolute atomic E-state index is 0.476. The molecule has 0 saturated carbocycles. The standard InChI is InChI=1S/C15H23NS/c1-11-4-5-15(12(2)10-11)13(3)16-14-6-8-17-9-7-14/h4-5,10,13-14,16H,6-9H2,1-3H3. The third-order valence-electron chi connectivity index (χ3n) is 3.60. The lowest BCUT2D eigenvalue weighted by atomic mass is 9.99. The highest BCUT2D eigenvalue weighted by molar-refractivity contribution is 7.99. The Hall–Kier alpha value is -0.470. The highest BCUT2D eigenvalue weighted by Gasteiger charge is 2.17. The minimum Gasteiger partial charge on any atom is -0.307 e. The molecule has 0 aromatic heterocycles. The summed E-state index contributed by atoms with van der Waals surface area (Å²) in [4.78, 5) is 0. The quantitative estimate of drug-likeness (QED) is 0.873. The van der Waals surface area contributed by atoms with Crippen LogP contribution in [-0.4, -0.2) is 17.5 Å². The predicted octanol–water partition coefficient (Wildman–Crippen LogP) is 3.85. The fourth-order valence-corrected chi connectivity index (χ4v) is 3.73. The molecule has 2 rings (SSSR count). The van der Waals surface area contributed by atoms with Gasteiger partial charge in [-0.15, -0.1) is 0 Å². The molecule has 1 N–H and O–H groups in total. The first-order valence-corrected chi connectivity index (χ1v) is 7.73. The maximum absolute atomic E-state index is 3.78. The second kappa shape index (κ2) is 5.92. The molecular formula is C15H23NS. The Morgan fingerprint density at radius 3 is 2.59 bits per heavy atom. The molecule has 1 heterocycles. The van der Waals surface area contributed by atoms with Crippen LogP contribution in [0.1, 0.15) is 42.5 Å². The van der Waals surface area contributed by atoms with Gasteiger partial charge >= 0.3 is 0 Å². The molecule has 94 valence electrons. The van der Waals surface area contributed by atoms with E-state index in [0.717, 1.165) is 0 Å². The van der Waals surface area contributed by atoms with Crippen molar-refractivity contribution in [1.29, 1.82) is 0 Å². The summed E-state index contributed by atoms with van der Waals surface area (Å²) in [6.45, 7) is 6.67. The number of nitrogens with one attached hydrogen (secondary N) is 1. The second-order valence-electron chi connectivity index (χ2n) is 5.14. The van der Waals surface area contributed by atoms with Gasteiger partial charge in [-0.3, -0.25) is 0 Å². The van der Waals surface area contributed by atoms with Gasteiger partial charge in [-0.2, -0.15) is 11.8 Å². The fraction of sp³-hybridized carbons (Fsp3) is 0.600. The highest BCUT2D eigenvalue weighted by atomic mass is 32.2. The average Bonchev–Trinajstić information content (AvgIpc) is 2.30. The van der Waals surface area contributed by atoms with Crippen LogP contribution in [0.3, 0.4) is 0 Å². The predicted molar refractivity (Wildman–Crippen MR) is 77.8 cm³/mol. The molecule has 1 nitrogen and oxygen atoms in total. The molecule has 0 amide bonds. The second-order valence-corrected chi connectivity index (χ2v) is 6.36. The number of benzene rings is 1. The van der Waals surface area contributed by atoms with Gasteiger partial charge in [-0.05, 0) is 56.2 Å². The molecule has 1 aromatic rings. The third-order valence-corrected chi connectivity index (χ3v) is 4.65. The van der Waals surface area contributed by atoms with Crippen LogP contribution in [0.25, 0.3) is 0 Å². The summed E-state index contributed by atoms with van der Waals surface area (Å²) < 4.78 is 0. The van der Waals surface area contributed by atoms with E-state index in [9.17, 15) is 0 Å². The monoisotopic (exact) mass is 249 g/mol. The summed E-state index contributed by atoms with van der Waals surface area (Å²) in [5, 5.41) is 3.78. The van der Waals surface area contributed by atoms with Crippen molar-refractivity contribution in [3.05, 3.63) is 34.9 Å². The van der Waals surface area contributed by atoms with Gasteiger partial charge in [0, 0.05) is 12.1 Å². The Balaban J connectivity index is 2.00. The number of aryl methyl sites for hydroxylation is 2. The summed E-state index contributed by atoms with van der Waals surface area (Å²) in [5.74, 6) is 2.63. The van der Waals surface area contributed by atoms with Crippen LogP contribution >= 0.6 is 11.8 Å². The van der Waals surface area contributed by atoms with Gasteiger partial charge in [0.05, 0.1) is 0 Å². The van der Waals surface area contributed by atoms with E-state index in [2.05, 4.69) is 56.0 Å². The van der Waals surface area contributed by atoms with Crippen LogP contribution in [0, 0.1) is 13.8 Å². The topological polar surface area (TPSA) is 12.0 Å². The van der Waals surface area contributed by atoms with Crippen molar-refractivity contribution in [3.63, 3.8) is 0 Å². The van der Waals surface area contributed by atoms with Gasteiger partial charge < -0.3 is 5.32 Å². The molecule has 0 aliphatic carbocycles. The summed E-state index contributed by atoms with van der Waals surface area (Å²) in [6, 6.07) is 7.97. The van der Waals surface area contributed by atoms with E-state index in [1.54, 1.807) is 0 Å². The highest BCUT2D eigenvalue weighted by Crippen LogP contribution is 2.23. The van der Waals surface area contributed by atoms with E-state index in [1.807, 2.05) is 0 Å². The number of hydrogen-bond acceptors (Lipinski definition) is 2. The van der Waals surface area contributed by atoms with Gasteiger partial charge in [0.15, 0.2) is 0 Å². The summed E-state index contributed by atoms with van der Waals surface area (Å²) in [6.07, 6.45) is 2.64. The normalized spacial score (nSPS) is 19.2. The molecule has 1 atom stereocenters. The molecule has 1 aliphatic heterocycles. The first-order chi connectivity index (χ1) is 8.16. The maximum Gasteiger partial charge on any atom is 0.0296 e. The van der Waals surface area contributed by atoms with Crippen molar-refractivity contribution in [3.8, 4) is 0 Å². The third kappa shape index (κ3) is 3.49. The number of thioether (sulfide) groups is 1. The zero-order valence-electron chi connectivity index (χ0n) is 11.1. The number of hydrogen-bond donors (Lipinski definition) is 1. The van der Waals surface area contributed by atoms with Gasteiger partial charge in [0.1, 0.15) is 0 Å². The summed E-state index contributed by atoms with van der Waals surface area (Å²) >= 11 is 2.09. The number of rotatable bonds is 3. The van der Waals surface area contributed by atoms with Crippen LogP contribution in [0.5, 0.6) is 0 Å². The Morgan fingerprint density at radius 1 is 1.24 bits per heavy atom. The van der Waals surface area contributed by atoms with Crippen LogP contribution in [0.2, 0.25) is 0 Å². The van der Waals surface area contributed by atoms with Crippen molar-refractivity contribution in [2.24, 2.45) is 0 Å². The van der Waals surface area contributed by atoms with Gasteiger partial charge in [0.2, 0.25) is 0 Å². The zero-order chi connectivity index (χ0) is 12.3. The molecule has 0 bridgehead atoms. The van der Waals surface area contributed by atoms with Crippen molar-refractivity contribution >= 4 is 11.8 Å². The first kappa shape index (κ1) is 13.0. The van der Waals surface area contributed by atoms with E-state index >= 15 is 0 Å². The average molecular weight is 249 g/mol. The summed E-state index contributed by atoms with van der Waals surface area (Å²) in [7, 11) is 0. The molecule has 1 fully saturated rings. The molecule has 1 saturated heterocycles. The maximum atomic E-state index is 3.78. The Morgan fingerprint density at radius 2 is 1.94 bits per heavy atom. The van der Waals surface area contributed by atoms with E-state index in [-0.39, 0.29) is 0 Å². The van der Waals surface area contributed by atoms with E-state index in [1.165, 1.54) is 41.0 Å². The van der Waals surface area contributed by atoms with Crippen molar-refractivity contribution in [1.82, 2.24) is 5.32 Å². The van der Waals surface area contributed by atoms with Crippen molar-refractivity contribution in [2.45, 2.75) is 45.7 Å². The van der Waals surface area contributed by atoms with Gasteiger partial charge in [0.25, 0.3) is 0 Å².